The third-order valence-corrected chi connectivity index (χ3v) is 3.14. The minimum atomic E-state index is -0.312. The van der Waals surface area contributed by atoms with Crippen molar-refractivity contribution in [2.45, 2.75) is 51.5 Å². The number of halogens is 1. The largest absolute Gasteiger partial charge is 0.494 e. The topological polar surface area (TPSA) is 35.2 Å². The molecule has 0 bridgehead atoms. The maximum Gasteiger partial charge on any atom is 0.165 e. The van der Waals surface area contributed by atoms with Crippen LogP contribution in [0.2, 0.25) is 0 Å². The molecule has 1 aromatic rings. The van der Waals surface area contributed by atoms with Gasteiger partial charge in [-0.15, -0.1) is 0 Å². The molecule has 0 aliphatic carbocycles. The van der Waals surface area contributed by atoms with Gasteiger partial charge in [0.1, 0.15) is 0 Å². The van der Waals surface area contributed by atoms with E-state index < -0.39 is 0 Å². The van der Waals surface area contributed by atoms with E-state index >= 15 is 0 Å². The van der Waals surface area contributed by atoms with Crippen molar-refractivity contribution >= 4 is 0 Å². The van der Waals surface area contributed by atoms with E-state index in [4.69, 9.17) is 10.5 Å². The molecule has 0 heterocycles. The van der Waals surface area contributed by atoms with Crippen molar-refractivity contribution in [2.24, 2.45) is 5.73 Å². The lowest BCUT2D eigenvalue weighted by Gasteiger charge is -2.12. The third kappa shape index (κ3) is 5.05. The number of unbranched alkanes of at least 4 members (excludes halogenated alkanes) is 3. The van der Waals surface area contributed by atoms with Gasteiger partial charge in [-0.2, -0.15) is 0 Å². The highest BCUT2D eigenvalue weighted by atomic mass is 19.1. The molecule has 1 atom stereocenters. The van der Waals surface area contributed by atoms with Crippen LogP contribution in [-0.2, 0) is 6.42 Å². The van der Waals surface area contributed by atoms with Gasteiger partial charge in [-0.1, -0.05) is 38.7 Å². The summed E-state index contributed by atoms with van der Waals surface area (Å²) in [6, 6.07) is 5.18. The van der Waals surface area contributed by atoms with Gasteiger partial charge < -0.3 is 10.5 Å². The summed E-state index contributed by atoms with van der Waals surface area (Å²) in [6.45, 7) is 2.19. The van der Waals surface area contributed by atoms with Gasteiger partial charge in [0.2, 0.25) is 0 Å². The number of hydrogen-bond acceptors (Lipinski definition) is 2. The number of rotatable bonds is 8. The minimum Gasteiger partial charge on any atom is -0.494 e. The molecule has 0 amide bonds. The Hall–Kier alpha value is -1.09. The number of ether oxygens (including phenoxy) is 1. The zero-order chi connectivity index (χ0) is 13.4. The molecular weight excluding hydrogens is 229 g/mol. The molecule has 1 unspecified atom stereocenters. The Morgan fingerprint density at radius 2 is 2.06 bits per heavy atom. The maximum absolute atomic E-state index is 13.5. The monoisotopic (exact) mass is 253 g/mol. The van der Waals surface area contributed by atoms with Gasteiger partial charge in [0.05, 0.1) is 7.11 Å². The maximum atomic E-state index is 13.5. The normalized spacial score (nSPS) is 12.4. The molecule has 0 aliphatic rings. The first-order valence-corrected chi connectivity index (χ1v) is 6.75. The van der Waals surface area contributed by atoms with Crippen LogP contribution in [0, 0.1) is 5.82 Å². The summed E-state index contributed by atoms with van der Waals surface area (Å²) in [5, 5.41) is 0. The Morgan fingerprint density at radius 1 is 1.28 bits per heavy atom. The summed E-state index contributed by atoms with van der Waals surface area (Å²) in [5.74, 6) is -0.0246. The van der Waals surface area contributed by atoms with Crippen LogP contribution in [-0.4, -0.2) is 13.2 Å². The summed E-state index contributed by atoms with van der Waals surface area (Å²) in [4.78, 5) is 0. The first-order valence-electron chi connectivity index (χ1n) is 6.75. The average Bonchev–Trinajstić information content (AvgIpc) is 2.35. The van der Waals surface area contributed by atoms with Crippen LogP contribution < -0.4 is 10.5 Å². The first-order chi connectivity index (χ1) is 8.67. The molecule has 102 valence electrons. The van der Waals surface area contributed by atoms with E-state index in [1.807, 2.05) is 6.07 Å². The Morgan fingerprint density at radius 3 is 2.67 bits per heavy atom. The zero-order valence-electron chi connectivity index (χ0n) is 11.4. The average molecular weight is 253 g/mol. The lowest BCUT2D eigenvalue weighted by atomic mass is 10.0. The third-order valence-electron chi connectivity index (χ3n) is 3.14. The van der Waals surface area contributed by atoms with Crippen LogP contribution >= 0.6 is 0 Å². The van der Waals surface area contributed by atoms with Gasteiger partial charge in [0.25, 0.3) is 0 Å². The molecule has 2 nitrogen and oxygen atoms in total. The van der Waals surface area contributed by atoms with Gasteiger partial charge in [-0.25, -0.2) is 4.39 Å². The second kappa shape index (κ2) is 8.09. The van der Waals surface area contributed by atoms with Crippen molar-refractivity contribution in [3.05, 3.63) is 29.6 Å². The molecule has 2 N–H and O–H groups in total. The Labute approximate surface area is 109 Å². The van der Waals surface area contributed by atoms with Crippen LogP contribution in [0.5, 0.6) is 5.75 Å². The van der Waals surface area contributed by atoms with Crippen LogP contribution in [0.15, 0.2) is 18.2 Å². The minimum absolute atomic E-state index is 0.120. The standard InChI is InChI=1S/C15H24FNO/c1-3-4-5-6-7-13(17)10-12-8-9-15(18-2)14(16)11-12/h8-9,11,13H,3-7,10,17H2,1-2H3. The highest BCUT2D eigenvalue weighted by Gasteiger charge is 2.07. The predicted molar refractivity (Wildman–Crippen MR) is 73.4 cm³/mol. The van der Waals surface area contributed by atoms with E-state index in [0.29, 0.717) is 0 Å². The lowest BCUT2D eigenvalue weighted by Crippen LogP contribution is -2.22. The van der Waals surface area contributed by atoms with Gasteiger partial charge in [-0.05, 0) is 30.5 Å². The van der Waals surface area contributed by atoms with E-state index in [1.54, 1.807) is 6.07 Å². The number of hydrogen-bond donors (Lipinski definition) is 1. The smallest absolute Gasteiger partial charge is 0.165 e. The molecule has 18 heavy (non-hydrogen) atoms. The second-order valence-electron chi connectivity index (χ2n) is 4.78. The number of methoxy groups -OCH3 is 1. The Bertz CT molecular complexity index is 354. The van der Waals surface area contributed by atoms with Crippen molar-refractivity contribution in [1.82, 2.24) is 0 Å². The zero-order valence-corrected chi connectivity index (χ0v) is 11.4. The van der Waals surface area contributed by atoms with Crippen molar-refractivity contribution < 1.29 is 9.13 Å². The van der Waals surface area contributed by atoms with Gasteiger partial charge in [0.15, 0.2) is 11.6 Å². The van der Waals surface area contributed by atoms with E-state index in [0.717, 1.165) is 24.8 Å². The molecule has 0 radical (unpaired) electrons. The van der Waals surface area contributed by atoms with Crippen LogP contribution in [0.4, 0.5) is 4.39 Å². The van der Waals surface area contributed by atoms with Crippen LogP contribution in [0.1, 0.15) is 44.6 Å². The summed E-state index contributed by atoms with van der Waals surface area (Å²) in [5.41, 5.74) is 7.00. The molecule has 0 spiro atoms. The summed E-state index contributed by atoms with van der Waals surface area (Å²) in [7, 11) is 1.47. The molecule has 3 heteroatoms. The molecule has 1 aromatic carbocycles. The SMILES string of the molecule is CCCCCCC(N)Cc1ccc(OC)c(F)c1. The molecule has 0 saturated carbocycles. The second-order valence-corrected chi connectivity index (χ2v) is 4.78. The number of benzene rings is 1. The fourth-order valence-electron chi connectivity index (χ4n) is 2.07. The Balaban J connectivity index is 2.39. The van der Waals surface area contributed by atoms with E-state index in [2.05, 4.69) is 6.92 Å². The first kappa shape index (κ1) is 15.0. The highest BCUT2D eigenvalue weighted by Crippen LogP contribution is 2.19. The van der Waals surface area contributed by atoms with Crippen molar-refractivity contribution in [1.29, 1.82) is 0 Å². The van der Waals surface area contributed by atoms with Gasteiger partial charge >= 0.3 is 0 Å². The van der Waals surface area contributed by atoms with Crippen LogP contribution in [0.3, 0.4) is 0 Å². The van der Waals surface area contributed by atoms with Crippen LogP contribution in [0.25, 0.3) is 0 Å². The van der Waals surface area contributed by atoms with E-state index in [9.17, 15) is 4.39 Å². The molecule has 0 saturated heterocycles. The molecule has 0 aliphatic heterocycles. The fraction of sp³-hybridized carbons (Fsp3) is 0.600. The van der Waals surface area contributed by atoms with Crippen molar-refractivity contribution in [3.8, 4) is 5.75 Å². The summed E-state index contributed by atoms with van der Waals surface area (Å²) in [6.07, 6.45) is 6.64. The van der Waals surface area contributed by atoms with E-state index in [-0.39, 0.29) is 17.6 Å². The molecule has 0 fully saturated rings. The quantitative estimate of drug-likeness (QED) is 0.717. The fourth-order valence-corrected chi connectivity index (χ4v) is 2.07. The molecule has 0 aromatic heterocycles. The highest BCUT2D eigenvalue weighted by molar-refractivity contribution is 5.29. The van der Waals surface area contributed by atoms with Crippen molar-refractivity contribution in [3.63, 3.8) is 0 Å². The summed E-state index contributed by atoms with van der Waals surface area (Å²) < 4.78 is 18.4. The molecule has 1 rings (SSSR count). The van der Waals surface area contributed by atoms with Crippen molar-refractivity contribution in [2.75, 3.05) is 7.11 Å². The molecular formula is C15H24FNO. The Kier molecular flexibility index (Phi) is 6.73. The lowest BCUT2D eigenvalue weighted by molar-refractivity contribution is 0.386. The van der Waals surface area contributed by atoms with E-state index in [1.165, 1.54) is 32.4 Å². The predicted octanol–water partition coefficient (Wildman–Crippen LogP) is 3.67. The van der Waals surface area contributed by atoms with Gasteiger partial charge in [0, 0.05) is 6.04 Å². The summed E-state index contributed by atoms with van der Waals surface area (Å²) >= 11 is 0. The number of nitrogens with two attached hydrogens (primary N) is 1. The van der Waals surface area contributed by atoms with Gasteiger partial charge in [-0.3, -0.25) is 0 Å².